The van der Waals surface area contributed by atoms with E-state index < -0.39 is 0 Å². The zero-order valence-corrected chi connectivity index (χ0v) is 12.7. The van der Waals surface area contributed by atoms with Crippen molar-refractivity contribution in [1.29, 1.82) is 0 Å². The van der Waals surface area contributed by atoms with Gasteiger partial charge < -0.3 is 0 Å². The highest BCUT2D eigenvalue weighted by Crippen LogP contribution is 2.22. The lowest BCUT2D eigenvalue weighted by Gasteiger charge is -2.35. The molecule has 2 aromatic heterocycles. The van der Waals surface area contributed by atoms with Crippen LogP contribution in [0.1, 0.15) is 38.4 Å². The maximum atomic E-state index is 4.42. The molecule has 0 amide bonds. The minimum absolute atomic E-state index is 0.630. The van der Waals surface area contributed by atoms with Crippen molar-refractivity contribution in [2.24, 2.45) is 0 Å². The van der Waals surface area contributed by atoms with Gasteiger partial charge in [0, 0.05) is 31.5 Å². The molecule has 0 spiro atoms. The second-order valence-corrected chi connectivity index (χ2v) is 5.67. The van der Waals surface area contributed by atoms with Crippen molar-refractivity contribution in [3.05, 3.63) is 30.6 Å². The van der Waals surface area contributed by atoms with E-state index in [0.29, 0.717) is 6.04 Å². The van der Waals surface area contributed by atoms with Gasteiger partial charge in [0.05, 0.1) is 6.54 Å². The molecule has 1 aliphatic rings. The van der Waals surface area contributed by atoms with Gasteiger partial charge in [0.25, 0.3) is 0 Å². The molecule has 0 saturated carbocycles. The summed E-state index contributed by atoms with van der Waals surface area (Å²) in [5, 5.41) is 8.58. The second-order valence-electron chi connectivity index (χ2n) is 5.67. The van der Waals surface area contributed by atoms with Crippen LogP contribution in [0.4, 0.5) is 0 Å². The summed E-state index contributed by atoms with van der Waals surface area (Å²) in [6.45, 7) is 6.08. The number of likely N-dealkylation sites (tertiary alicyclic amines) is 1. The van der Waals surface area contributed by atoms with Gasteiger partial charge in [-0.15, -0.1) is 0 Å². The number of aryl methyl sites for hydroxylation is 2. The van der Waals surface area contributed by atoms with Crippen molar-refractivity contribution in [3.8, 4) is 0 Å². The number of aromatic nitrogens is 5. The molecule has 1 atom stereocenters. The van der Waals surface area contributed by atoms with Crippen LogP contribution in [0.15, 0.2) is 24.8 Å². The van der Waals surface area contributed by atoms with Crippen LogP contribution in [0, 0.1) is 0 Å². The Hall–Kier alpha value is -1.69. The molecule has 1 fully saturated rings. The highest BCUT2D eigenvalue weighted by Gasteiger charge is 2.23. The standard InChI is InChI=1S/C15H24N6/c1-2-21-15(16-13-18-21)12-19-9-4-3-6-14(19)7-11-20-10-5-8-17-20/h5,8,10,13-14H,2-4,6-7,9,11-12H2,1H3/t14-/m1/s1. The second kappa shape index (κ2) is 6.85. The number of piperidine rings is 1. The monoisotopic (exact) mass is 288 g/mol. The maximum Gasteiger partial charge on any atom is 0.141 e. The summed E-state index contributed by atoms with van der Waals surface area (Å²) in [4.78, 5) is 6.99. The third-order valence-electron chi connectivity index (χ3n) is 4.34. The minimum Gasteiger partial charge on any atom is -0.293 e. The first-order valence-electron chi connectivity index (χ1n) is 7.95. The molecule has 0 aliphatic carbocycles. The number of hydrogen-bond donors (Lipinski definition) is 0. The Kier molecular flexibility index (Phi) is 4.65. The number of hydrogen-bond acceptors (Lipinski definition) is 4. The fourth-order valence-electron chi connectivity index (χ4n) is 3.17. The Balaban J connectivity index is 1.61. The topological polar surface area (TPSA) is 51.8 Å². The average molecular weight is 288 g/mol. The molecular formula is C15H24N6. The summed E-state index contributed by atoms with van der Waals surface area (Å²) in [5.74, 6) is 1.09. The molecular weight excluding hydrogens is 264 g/mol. The molecule has 0 radical (unpaired) electrons. The molecule has 0 N–H and O–H groups in total. The van der Waals surface area contributed by atoms with E-state index in [1.807, 2.05) is 27.8 Å². The van der Waals surface area contributed by atoms with Crippen molar-refractivity contribution >= 4 is 0 Å². The van der Waals surface area contributed by atoms with Gasteiger partial charge in [0.2, 0.25) is 0 Å². The molecule has 6 nitrogen and oxygen atoms in total. The summed E-state index contributed by atoms with van der Waals surface area (Å²) in [5.41, 5.74) is 0. The minimum atomic E-state index is 0.630. The van der Waals surface area contributed by atoms with E-state index in [2.05, 4.69) is 27.0 Å². The molecule has 0 bridgehead atoms. The summed E-state index contributed by atoms with van der Waals surface area (Å²) in [6, 6.07) is 2.62. The van der Waals surface area contributed by atoms with E-state index in [4.69, 9.17) is 0 Å². The van der Waals surface area contributed by atoms with E-state index >= 15 is 0 Å². The Bertz CT molecular complexity index is 532. The fraction of sp³-hybridized carbons (Fsp3) is 0.667. The van der Waals surface area contributed by atoms with E-state index in [0.717, 1.165) is 31.9 Å². The fourth-order valence-corrected chi connectivity index (χ4v) is 3.17. The van der Waals surface area contributed by atoms with Crippen LogP contribution < -0.4 is 0 Å². The highest BCUT2D eigenvalue weighted by molar-refractivity contribution is 4.88. The Morgan fingerprint density at radius 3 is 3.05 bits per heavy atom. The van der Waals surface area contributed by atoms with Gasteiger partial charge in [-0.2, -0.15) is 10.2 Å². The molecule has 1 saturated heterocycles. The van der Waals surface area contributed by atoms with Gasteiger partial charge in [0.15, 0.2) is 0 Å². The molecule has 0 unspecified atom stereocenters. The molecule has 3 heterocycles. The van der Waals surface area contributed by atoms with E-state index in [1.165, 1.54) is 25.8 Å². The first-order chi connectivity index (χ1) is 10.4. The van der Waals surface area contributed by atoms with Gasteiger partial charge in [-0.3, -0.25) is 9.58 Å². The predicted molar refractivity (Wildman–Crippen MR) is 80.6 cm³/mol. The van der Waals surface area contributed by atoms with Gasteiger partial charge in [-0.25, -0.2) is 9.67 Å². The van der Waals surface area contributed by atoms with Gasteiger partial charge >= 0.3 is 0 Å². The molecule has 6 heteroatoms. The lowest BCUT2D eigenvalue weighted by atomic mass is 9.99. The molecule has 114 valence electrons. The zero-order chi connectivity index (χ0) is 14.5. The van der Waals surface area contributed by atoms with Crippen LogP contribution >= 0.6 is 0 Å². The zero-order valence-electron chi connectivity index (χ0n) is 12.7. The first-order valence-corrected chi connectivity index (χ1v) is 7.95. The predicted octanol–water partition coefficient (Wildman–Crippen LogP) is 1.94. The lowest BCUT2D eigenvalue weighted by molar-refractivity contribution is 0.122. The molecule has 0 aromatic carbocycles. The van der Waals surface area contributed by atoms with Gasteiger partial charge in [-0.1, -0.05) is 6.42 Å². The normalized spacial score (nSPS) is 20.0. The lowest BCUT2D eigenvalue weighted by Crippen LogP contribution is -2.40. The third-order valence-corrected chi connectivity index (χ3v) is 4.34. The van der Waals surface area contributed by atoms with Crippen LogP contribution in [0.25, 0.3) is 0 Å². The van der Waals surface area contributed by atoms with Crippen LogP contribution in [0.5, 0.6) is 0 Å². The average Bonchev–Trinajstić information content (AvgIpc) is 3.17. The van der Waals surface area contributed by atoms with E-state index in [-0.39, 0.29) is 0 Å². The maximum absolute atomic E-state index is 4.42. The smallest absolute Gasteiger partial charge is 0.141 e. The molecule has 1 aliphatic heterocycles. The van der Waals surface area contributed by atoms with Crippen molar-refractivity contribution in [2.45, 2.75) is 58.3 Å². The summed E-state index contributed by atoms with van der Waals surface area (Å²) in [7, 11) is 0. The quantitative estimate of drug-likeness (QED) is 0.815. The van der Waals surface area contributed by atoms with Crippen LogP contribution in [0.2, 0.25) is 0 Å². The van der Waals surface area contributed by atoms with Crippen molar-refractivity contribution in [2.75, 3.05) is 6.54 Å². The highest BCUT2D eigenvalue weighted by atomic mass is 15.3. The molecule has 21 heavy (non-hydrogen) atoms. The van der Waals surface area contributed by atoms with Crippen LogP contribution in [-0.4, -0.2) is 42.0 Å². The van der Waals surface area contributed by atoms with E-state index in [9.17, 15) is 0 Å². The van der Waals surface area contributed by atoms with Crippen molar-refractivity contribution < 1.29 is 0 Å². The summed E-state index contributed by atoms with van der Waals surface area (Å²) < 4.78 is 4.03. The SMILES string of the molecule is CCn1ncnc1CN1CCCC[C@@H]1CCn1cccn1. The van der Waals surface area contributed by atoms with Gasteiger partial charge in [-0.05, 0) is 38.8 Å². The van der Waals surface area contributed by atoms with Crippen LogP contribution in [-0.2, 0) is 19.6 Å². The number of nitrogens with zero attached hydrogens (tertiary/aromatic N) is 6. The molecule has 3 rings (SSSR count). The van der Waals surface area contributed by atoms with Gasteiger partial charge in [0.1, 0.15) is 12.2 Å². The summed E-state index contributed by atoms with van der Waals surface area (Å²) in [6.07, 6.45) is 10.6. The Labute approximate surface area is 125 Å². The van der Waals surface area contributed by atoms with Crippen molar-refractivity contribution in [3.63, 3.8) is 0 Å². The third kappa shape index (κ3) is 3.50. The molecule has 2 aromatic rings. The van der Waals surface area contributed by atoms with Crippen LogP contribution in [0.3, 0.4) is 0 Å². The Morgan fingerprint density at radius 1 is 1.29 bits per heavy atom. The van der Waals surface area contributed by atoms with E-state index in [1.54, 1.807) is 6.33 Å². The number of rotatable bonds is 6. The largest absolute Gasteiger partial charge is 0.293 e. The Morgan fingerprint density at radius 2 is 2.24 bits per heavy atom. The summed E-state index contributed by atoms with van der Waals surface area (Å²) >= 11 is 0. The first kappa shape index (κ1) is 14.3. The van der Waals surface area contributed by atoms with Crippen molar-refractivity contribution in [1.82, 2.24) is 29.4 Å².